The Kier molecular flexibility index (Phi) is 4.03. The molecule has 2 N–H and O–H groups in total. The van der Waals surface area contributed by atoms with Gasteiger partial charge in [0, 0.05) is 17.2 Å². The molecule has 7 heteroatoms. The minimum atomic E-state index is -4.42. The van der Waals surface area contributed by atoms with Crippen LogP contribution in [0, 0.1) is 0 Å². The number of anilines is 1. The number of nitrogens with two attached hydrogens (primary N) is 1. The molecule has 0 saturated heterocycles. The highest BCUT2D eigenvalue weighted by atomic mass is 79.9. The van der Waals surface area contributed by atoms with Crippen LogP contribution in [0.4, 0.5) is 18.9 Å². The maximum Gasteiger partial charge on any atom is 0.406 e. The predicted octanol–water partition coefficient (Wildman–Crippen LogP) is 2.67. The van der Waals surface area contributed by atoms with E-state index in [-0.39, 0.29) is 5.56 Å². The van der Waals surface area contributed by atoms with Crippen molar-refractivity contribution in [1.29, 1.82) is 0 Å². The van der Waals surface area contributed by atoms with Crippen molar-refractivity contribution >= 4 is 27.5 Å². The van der Waals surface area contributed by atoms with Crippen LogP contribution in [0.5, 0.6) is 0 Å². The predicted molar refractivity (Wildman–Crippen MR) is 61.6 cm³/mol. The summed E-state index contributed by atoms with van der Waals surface area (Å²) < 4.78 is 36.8. The van der Waals surface area contributed by atoms with Crippen molar-refractivity contribution < 1.29 is 18.0 Å². The lowest BCUT2D eigenvalue weighted by Crippen LogP contribution is -2.36. The van der Waals surface area contributed by atoms with Crippen molar-refractivity contribution in [2.75, 3.05) is 19.3 Å². The zero-order valence-electron chi connectivity index (χ0n) is 8.88. The third-order valence-electron chi connectivity index (χ3n) is 1.98. The summed E-state index contributed by atoms with van der Waals surface area (Å²) in [7, 11) is 1.09. The van der Waals surface area contributed by atoms with Crippen LogP contribution >= 0.6 is 15.9 Å². The molecule has 1 aromatic carbocycles. The van der Waals surface area contributed by atoms with Crippen LogP contribution in [0.25, 0.3) is 0 Å². The SMILES string of the molecule is CN(CC(F)(F)F)C(=O)c1cc(N)ccc1Br. The summed E-state index contributed by atoms with van der Waals surface area (Å²) in [6, 6.07) is 4.40. The molecule has 0 aliphatic heterocycles. The molecular weight excluding hydrogens is 301 g/mol. The van der Waals surface area contributed by atoms with Crippen LogP contribution in [-0.4, -0.2) is 30.6 Å². The Bertz CT molecular complexity index is 434. The standard InChI is InChI=1S/C10H10BrF3N2O/c1-16(5-10(12,13)14)9(17)7-4-6(15)2-3-8(7)11/h2-4H,5,15H2,1H3. The number of hydrogen-bond acceptors (Lipinski definition) is 2. The topological polar surface area (TPSA) is 46.3 Å². The molecule has 17 heavy (non-hydrogen) atoms. The van der Waals surface area contributed by atoms with E-state index in [4.69, 9.17) is 5.73 Å². The molecule has 0 atom stereocenters. The van der Waals surface area contributed by atoms with Crippen LogP contribution in [-0.2, 0) is 0 Å². The van der Waals surface area contributed by atoms with Gasteiger partial charge in [-0.15, -0.1) is 0 Å². The highest BCUT2D eigenvalue weighted by Gasteiger charge is 2.31. The fourth-order valence-electron chi connectivity index (χ4n) is 1.25. The van der Waals surface area contributed by atoms with Gasteiger partial charge in [0.25, 0.3) is 5.91 Å². The Hall–Kier alpha value is -1.24. The number of hydrogen-bond donors (Lipinski definition) is 1. The molecule has 0 aliphatic carbocycles. The smallest absolute Gasteiger partial charge is 0.399 e. The minimum Gasteiger partial charge on any atom is -0.399 e. The number of carbonyl (C=O) groups excluding carboxylic acids is 1. The van der Waals surface area contributed by atoms with Gasteiger partial charge in [0.1, 0.15) is 6.54 Å². The van der Waals surface area contributed by atoms with Crippen LogP contribution < -0.4 is 5.73 Å². The maximum absolute atomic E-state index is 12.1. The first-order valence-corrected chi connectivity index (χ1v) is 5.37. The number of rotatable bonds is 2. The molecule has 0 aliphatic rings. The van der Waals surface area contributed by atoms with E-state index < -0.39 is 18.6 Å². The van der Waals surface area contributed by atoms with Crippen molar-refractivity contribution in [2.24, 2.45) is 0 Å². The second-order valence-electron chi connectivity index (χ2n) is 3.52. The molecule has 1 amide bonds. The van der Waals surface area contributed by atoms with E-state index >= 15 is 0 Å². The van der Waals surface area contributed by atoms with Crippen LogP contribution in [0.3, 0.4) is 0 Å². The molecule has 0 unspecified atom stereocenters. The lowest BCUT2D eigenvalue weighted by molar-refractivity contribution is -0.138. The van der Waals surface area contributed by atoms with Crippen LogP contribution in [0.1, 0.15) is 10.4 Å². The van der Waals surface area contributed by atoms with Gasteiger partial charge in [-0.1, -0.05) is 0 Å². The van der Waals surface area contributed by atoms with E-state index in [2.05, 4.69) is 15.9 Å². The second-order valence-corrected chi connectivity index (χ2v) is 4.37. The fraction of sp³-hybridized carbons (Fsp3) is 0.300. The number of carbonyl (C=O) groups is 1. The van der Waals surface area contributed by atoms with Gasteiger partial charge in [-0.05, 0) is 34.1 Å². The number of benzene rings is 1. The molecule has 1 aromatic rings. The lowest BCUT2D eigenvalue weighted by Gasteiger charge is -2.19. The molecule has 0 fully saturated rings. The third-order valence-corrected chi connectivity index (χ3v) is 2.68. The van der Waals surface area contributed by atoms with E-state index in [1.807, 2.05) is 0 Å². The Balaban J connectivity index is 2.93. The van der Waals surface area contributed by atoms with E-state index in [0.29, 0.717) is 15.1 Å². The highest BCUT2D eigenvalue weighted by Crippen LogP contribution is 2.22. The van der Waals surface area contributed by atoms with Gasteiger partial charge >= 0.3 is 6.18 Å². The van der Waals surface area contributed by atoms with Crippen molar-refractivity contribution in [1.82, 2.24) is 4.90 Å². The molecule has 0 radical (unpaired) electrons. The average Bonchev–Trinajstić information content (AvgIpc) is 2.18. The molecule has 0 saturated carbocycles. The molecule has 0 bridgehead atoms. The Morgan fingerprint density at radius 3 is 2.59 bits per heavy atom. The quantitative estimate of drug-likeness (QED) is 0.854. The number of nitrogens with zero attached hydrogens (tertiary/aromatic N) is 1. The molecule has 1 rings (SSSR count). The first-order chi connectivity index (χ1) is 7.70. The Labute approximate surface area is 105 Å². The Morgan fingerprint density at radius 2 is 2.06 bits per heavy atom. The monoisotopic (exact) mass is 310 g/mol. The van der Waals surface area contributed by atoms with Gasteiger partial charge in [-0.3, -0.25) is 4.79 Å². The van der Waals surface area contributed by atoms with Gasteiger partial charge < -0.3 is 10.6 Å². The van der Waals surface area contributed by atoms with Crippen LogP contribution in [0.15, 0.2) is 22.7 Å². The fourth-order valence-corrected chi connectivity index (χ4v) is 1.67. The van der Waals surface area contributed by atoms with Gasteiger partial charge in [-0.2, -0.15) is 13.2 Å². The average molecular weight is 311 g/mol. The van der Waals surface area contributed by atoms with Crippen molar-refractivity contribution in [3.63, 3.8) is 0 Å². The molecule has 0 heterocycles. The summed E-state index contributed by atoms with van der Waals surface area (Å²) in [6.45, 7) is -1.30. The summed E-state index contributed by atoms with van der Waals surface area (Å²) in [5.74, 6) is -0.735. The third kappa shape index (κ3) is 3.92. The van der Waals surface area contributed by atoms with E-state index in [9.17, 15) is 18.0 Å². The summed E-state index contributed by atoms with van der Waals surface area (Å²) >= 11 is 3.09. The first kappa shape index (κ1) is 13.8. The van der Waals surface area contributed by atoms with Crippen LogP contribution in [0.2, 0.25) is 0 Å². The number of halogens is 4. The molecule has 0 spiro atoms. The van der Waals surface area contributed by atoms with Gasteiger partial charge in [0.05, 0.1) is 5.56 Å². The summed E-state index contributed by atoms with van der Waals surface area (Å²) in [5.41, 5.74) is 5.90. The van der Waals surface area contributed by atoms with Gasteiger partial charge in [-0.25, -0.2) is 0 Å². The number of amides is 1. The first-order valence-electron chi connectivity index (χ1n) is 4.58. The van der Waals surface area contributed by atoms with Crippen molar-refractivity contribution in [3.8, 4) is 0 Å². The molecule has 0 aromatic heterocycles. The van der Waals surface area contributed by atoms with Crippen molar-refractivity contribution in [2.45, 2.75) is 6.18 Å². The van der Waals surface area contributed by atoms with E-state index in [0.717, 1.165) is 7.05 Å². The van der Waals surface area contributed by atoms with Crippen molar-refractivity contribution in [3.05, 3.63) is 28.2 Å². The molecular formula is C10H10BrF3N2O. The maximum atomic E-state index is 12.1. The highest BCUT2D eigenvalue weighted by molar-refractivity contribution is 9.10. The summed E-state index contributed by atoms with van der Waals surface area (Å²) in [4.78, 5) is 12.3. The number of nitrogen functional groups attached to an aromatic ring is 1. The lowest BCUT2D eigenvalue weighted by atomic mass is 10.2. The normalized spacial score (nSPS) is 11.4. The number of alkyl halides is 3. The zero-order chi connectivity index (χ0) is 13.2. The van der Waals surface area contributed by atoms with Gasteiger partial charge in [0.2, 0.25) is 0 Å². The summed E-state index contributed by atoms with van der Waals surface area (Å²) in [5, 5.41) is 0. The Morgan fingerprint density at radius 1 is 1.47 bits per heavy atom. The van der Waals surface area contributed by atoms with E-state index in [1.165, 1.54) is 12.1 Å². The molecule has 94 valence electrons. The second kappa shape index (κ2) is 4.95. The zero-order valence-corrected chi connectivity index (χ0v) is 10.5. The van der Waals surface area contributed by atoms with E-state index in [1.54, 1.807) is 6.07 Å². The van der Waals surface area contributed by atoms with Gasteiger partial charge in [0.15, 0.2) is 0 Å². The summed E-state index contributed by atoms with van der Waals surface area (Å²) in [6.07, 6.45) is -4.42. The molecule has 3 nitrogen and oxygen atoms in total. The minimum absolute atomic E-state index is 0.108. The largest absolute Gasteiger partial charge is 0.406 e.